The van der Waals surface area contributed by atoms with Gasteiger partial charge in [-0.05, 0) is 26.3 Å². The van der Waals surface area contributed by atoms with Crippen molar-refractivity contribution in [1.29, 1.82) is 0 Å². The summed E-state index contributed by atoms with van der Waals surface area (Å²) in [6.07, 6.45) is 7.13. The molecule has 1 aliphatic rings. The molecule has 0 aliphatic carbocycles. The van der Waals surface area contributed by atoms with Crippen LogP contribution in [0.25, 0.3) is 0 Å². The van der Waals surface area contributed by atoms with Crippen LogP contribution in [0.1, 0.15) is 46.0 Å². The van der Waals surface area contributed by atoms with Crippen molar-refractivity contribution >= 4 is 11.8 Å². The largest absolute Gasteiger partial charge is 0.377 e. The highest BCUT2D eigenvalue weighted by atomic mass is 32.2. The normalized spacial score (nSPS) is 25.1. The molecule has 2 nitrogen and oxygen atoms in total. The number of nitrogens with one attached hydrogen (secondary N) is 1. The summed E-state index contributed by atoms with van der Waals surface area (Å²) in [6.45, 7) is 7.76. The second-order valence-corrected chi connectivity index (χ2v) is 5.93. The zero-order valence-corrected chi connectivity index (χ0v) is 11.7. The summed E-state index contributed by atoms with van der Waals surface area (Å²) in [5, 5.41) is 4.26. The molecular formula is C13H27NOS. The number of ether oxygens (including phenoxy) is 1. The van der Waals surface area contributed by atoms with Crippen LogP contribution in [0.3, 0.4) is 0 Å². The predicted molar refractivity (Wildman–Crippen MR) is 73.3 cm³/mol. The van der Waals surface area contributed by atoms with E-state index in [1.54, 1.807) is 0 Å². The van der Waals surface area contributed by atoms with Crippen LogP contribution in [-0.2, 0) is 4.74 Å². The lowest BCUT2D eigenvalue weighted by molar-refractivity contribution is 0.127. The van der Waals surface area contributed by atoms with Gasteiger partial charge in [0.05, 0.1) is 6.10 Å². The van der Waals surface area contributed by atoms with Gasteiger partial charge in [-0.15, -0.1) is 0 Å². The summed E-state index contributed by atoms with van der Waals surface area (Å²) in [4.78, 5) is 0. The third kappa shape index (κ3) is 6.12. The van der Waals surface area contributed by atoms with E-state index in [-0.39, 0.29) is 0 Å². The average molecular weight is 245 g/mol. The van der Waals surface area contributed by atoms with E-state index in [9.17, 15) is 0 Å². The summed E-state index contributed by atoms with van der Waals surface area (Å²) >= 11 is 2.07. The molecular weight excluding hydrogens is 218 g/mol. The molecule has 2 unspecified atom stereocenters. The van der Waals surface area contributed by atoms with Crippen LogP contribution in [-0.4, -0.2) is 36.8 Å². The first-order valence-corrected chi connectivity index (χ1v) is 7.83. The van der Waals surface area contributed by atoms with E-state index >= 15 is 0 Å². The van der Waals surface area contributed by atoms with Crippen molar-refractivity contribution in [2.45, 2.75) is 57.3 Å². The number of hydrogen-bond donors (Lipinski definition) is 1. The summed E-state index contributed by atoms with van der Waals surface area (Å²) in [5.41, 5.74) is 0. The Morgan fingerprint density at radius 1 is 1.25 bits per heavy atom. The molecule has 0 spiro atoms. The Morgan fingerprint density at radius 3 is 2.81 bits per heavy atom. The van der Waals surface area contributed by atoms with Crippen LogP contribution in [0.2, 0.25) is 0 Å². The predicted octanol–water partition coefficient (Wildman–Crippen LogP) is 3.07. The lowest BCUT2D eigenvalue weighted by Gasteiger charge is -2.13. The Kier molecular flexibility index (Phi) is 8.34. The maximum atomic E-state index is 5.55. The maximum Gasteiger partial charge on any atom is 0.0666 e. The molecule has 16 heavy (non-hydrogen) atoms. The number of hydrogen-bond acceptors (Lipinski definition) is 3. The molecule has 1 heterocycles. The molecule has 0 radical (unpaired) electrons. The van der Waals surface area contributed by atoms with Crippen molar-refractivity contribution in [1.82, 2.24) is 5.32 Å². The second kappa shape index (κ2) is 9.32. The van der Waals surface area contributed by atoms with Crippen molar-refractivity contribution in [3.63, 3.8) is 0 Å². The molecule has 0 amide bonds. The highest BCUT2D eigenvalue weighted by Crippen LogP contribution is 2.25. The topological polar surface area (TPSA) is 21.3 Å². The quantitative estimate of drug-likeness (QED) is 0.631. The Bertz CT molecular complexity index is 166. The minimum absolute atomic E-state index is 0.467. The van der Waals surface area contributed by atoms with Gasteiger partial charge in [0.1, 0.15) is 0 Å². The smallest absolute Gasteiger partial charge is 0.0666 e. The van der Waals surface area contributed by atoms with Crippen molar-refractivity contribution in [3.05, 3.63) is 0 Å². The molecule has 96 valence electrons. The van der Waals surface area contributed by atoms with Gasteiger partial charge in [0, 0.05) is 24.2 Å². The van der Waals surface area contributed by atoms with E-state index in [1.165, 1.54) is 44.4 Å². The van der Waals surface area contributed by atoms with Gasteiger partial charge in [0.15, 0.2) is 0 Å². The van der Waals surface area contributed by atoms with Gasteiger partial charge >= 0.3 is 0 Å². The Labute approximate surface area is 105 Å². The summed E-state index contributed by atoms with van der Waals surface area (Å²) in [6, 6.07) is 0. The monoisotopic (exact) mass is 245 g/mol. The third-order valence-corrected chi connectivity index (χ3v) is 4.61. The molecule has 3 heteroatoms. The summed E-state index contributed by atoms with van der Waals surface area (Å²) in [7, 11) is 0. The number of rotatable bonds is 9. The Hall–Kier alpha value is 0.270. The Balaban J connectivity index is 1.81. The maximum absolute atomic E-state index is 5.55. The van der Waals surface area contributed by atoms with Crippen LogP contribution < -0.4 is 5.32 Å². The van der Waals surface area contributed by atoms with E-state index in [1.807, 2.05) is 0 Å². The molecule has 1 saturated heterocycles. The van der Waals surface area contributed by atoms with Crippen LogP contribution >= 0.6 is 11.8 Å². The van der Waals surface area contributed by atoms with Crippen molar-refractivity contribution in [2.75, 3.05) is 25.4 Å². The van der Waals surface area contributed by atoms with Crippen molar-refractivity contribution in [3.8, 4) is 0 Å². The molecule has 0 saturated carbocycles. The summed E-state index contributed by atoms with van der Waals surface area (Å²) in [5.74, 6) is 1.23. The van der Waals surface area contributed by atoms with Crippen LogP contribution in [0.4, 0.5) is 0 Å². The van der Waals surface area contributed by atoms with Gasteiger partial charge < -0.3 is 10.1 Å². The van der Waals surface area contributed by atoms with Crippen molar-refractivity contribution in [2.24, 2.45) is 0 Å². The molecule has 1 rings (SSSR count). The first-order chi connectivity index (χ1) is 7.84. The van der Waals surface area contributed by atoms with Crippen LogP contribution in [0, 0.1) is 0 Å². The fourth-order valence-electron chi connectivity index (χ4n) is 2.02. The van der Waals surface area contributed by atoms with E-state index in [2.05, 4.69) is 30.9 Å². The average Bonchev–Trinajstić information content (AvgIpc) is 2.68. The molecule has 0 aromatic carbocycles. The highest BCUT2D eigenvalue weighted by Gasteiger charge is 2.23. The minimum Gasteiger partial charge on any atom is -0.377 e. The van der Waals surface area contributed by atoms with E-state index < -0.39 is 0 Å². The lowest BCUT2D eigenvalue weighted by atomic mass is 10.2. The summed E-state index contributed by atoms with van der Waals surface area (Å²) < 4.78 is 5.55. The number of unbranched alkanes of at least 4 members (excludes halogenated alkanes) is 3. The standard InChI is InChI=1S/C13H27NOS/c1-3-4-5-6-8-14-9-11-16-13-7-10-15-12(13)2/h12-14H,3-11H2,1-2H3. The fourth-order valence-corrected chi connectivity index (χ4v) is 3.19. The molecule has 1 N–H and O–H groups in total. The third-order valence-electron chi connectivity index (χ3n) is 3.12. The lowest BCUT2D eigenvalue weighted by Crippen LogP contribution is -2.21. The van der Waals surface area contributed by atoms with Crippen LogP contribution in [0.15, 0.2) is 0 Å². The van der Waals surface area contributed by atoms with Crippen LogP contribution in [0.5, 0.6) is 0 Å². The first-order valence-electron chi connectivity index (χ1n) is 6.78. The van der Waals surface area contributed by atoms with E-state index in [4.69, 9.17) is 4.74 Å². The molecule has 1 fully saturated rings. The highest BCUT2D eigenvalue weighted by molar-refractivity contribution is 8.00. The molecule has 2 atom stereocenters. The zero-order chi connectivity index (χ0) is 11.6. The van der Waals surface area contributed by atoms with Crippen molar-refractivity contribution < 1.29 is 4.74 Å². The Morgan fingerprint density at radius 2 is 2.12 bits per heavy atom. The molecule has 0 aromatic heterocycles. The van der Waals surface area contributed by atoms with Gasteiger partial charge in [-0.25, -0.2) is 0 Å². The van der Waals surface area contributed by atoms with E-state index in [0.717, 1.165) is 18.4 Å². The van der Waals surface area contributed by atoms with Gasteiger partial charge in [0.2, 0.25) is 0 Å². The second-order valence-electron chi connectivity index (χ2n) is 4.58. The SMILES string of the molecule is CCCCCCNCCSC1CCOC1C. The molecule has 0 aromatic rings. The van der Waals surface area contributed by atoms with Gasteiger partial charge in [-0.3, -0.25) is 0 Å². The molecule has 1 aliphatic heterocycles. The van der Waals surface area contributed by atoms with Gasteiger partial charge in [0.25, 0.3) is 0 Å². The zero-order valence-electron chi connectivity index (χ0n) is 10.8. The van der Waals surface area contributed by atoms with Gasteiger partial charge in [-0.1, -0.05) is 26.2 Å². The van der Waals surface area contributed by atoms with Gasteiger partial charge in [-0.2, -0.15) is 11.8 Å². The number of thioether (sulfide) groups is 1. The minimum atomic E-state index is 0.467. The van der Waals surface area contributed by atoms with E-state index in [0.29, 0.717) is 6.10 Å². The fraction of sp³-hybridized carbons (Fsp3) is 1.00. The molecule has 0 bridgehead atoms. The first kappa shape index (κ1) is 14.3.